The van der Waals surface area contributed by atoms with E-state index < -0.39 is 27.7 Å². The van der Waals surface area contributed by atoms with E-state index in [0.29, 0.717) is 15.7 Å². The molecule has 2 heterocycles. The lowest BCUT2D eigenvalue weighted by atomic mass is 10.4. The van der Waals surface area contributed by atoms with E-state index in [1.807, 2.05) is 6.92 Å². The monoisotopic (exact) mass is 384 g/mol. The van der Waals surface area contributed by atoms with Crippen LogP contribution in [0.2, 0.25) is 0 Å². The Morgan fingerprint density at radius 3 is 2.50 bits per heavy atom. The molecule has 0 aliphatic heterocycles. The topological polar surface area (TPSA) is 86.0 Å². The number of nitrogens with one attached hydrogen (secondary N) is 1. The van der Waals surface area contributed by atoms with Gasteiger partial charge in [-0.2, -0.15) is 13.2 Å². The fourth-order valence-corrected chi connectivity index (χ4v) is 4.29. The first-order valence-corrected chi connectivity index (χ1v) is 9.15. The molecule has 2 rings (SSSR count). The quantitative estimate of drug-likeness (QED) is 0.811. The number of hydrogen-bond donors (Lipinski definition) is 1. The number of aryl methyl sites for hydroxylation is 1. The molecule has 2 aromatic heterocycles. The predicted molar refractivity (Wildman–Crippen MR) is 81.4 cm³/mol. The number of nitrogens with zero attached hydrogens (tertiary/aromatic N) is 3. The first-order chi connectivity index (χ1) is 11.1. The summed E-state index contributed by atoms with van der Waals surface area (Å²) in [5.74, 6) is -1.33. The summed E-state index contributed by atoms with van der Waals surface area (Å²) in [6, 6.07) is 3.15. The normalized spacial score (nSPS) is 12.7. The van der Waals surface area contributed by atoms with Gasteiger partial charge in [0.25, 0.3) is 0 Å². The first-order valence-electron chi connectivity index (χ1n) is 6.85. The zero-order valence-electron chi connectivity index (χ0n) is 12.8. The minimum Gasteiger partial charge on any atom is -0.274 e. The van der Waals surface area contributed by atoms with Gasteiger partial charge in [0.05, 0.1) is 6.54 Å². The smallest absolute Gasteiger partial charge is 0.274 e. The van der Waals surface area contributed by atoms with Gasteiger partial charge in [0.1, 0.15) is 4.21 Å². The lowest BCUT2D eigenvalue weighted by molar-refractivity contribution is -0.147. The highest BCUT2D eigenvalue weighted by Gasteiger charge is 2.37. The van der Waals surface area contributed by atoms with E-state index in [-0.39, 0.29) is 17.3 Å². The second-order valence-electron chi connectivity index (χ2n) is 4.86. The minimum atomic E-state index is -4.76. The molecule has 134 valence electrons. The summed E-state index contributed by atoms with van der Waals surface area (Å²) < 4.78 is 65.5. The van der Waals surface area contributed by atoms with Crippen molar-refractivity contribution < 1.29 is 21.6 Å². The third-order valence-corrected chi connectivity index (χ3v) is 6.34. The Kier molecular flexibility index (Phi) is 5.20. The van der Waals surface area contributed by atoms with E-state index in [0.717, 1.165) is 23.3 Å². The fourth-order valence-electron chi connectivity index (χ4n) is 1.93. The zero-order valence-corrected chi connectivity index (χ0v) is 14.4. The van der Waals surface area contributed by atoms with Crippen LogP contribution in [-0.2, 0) is 36.2 Å². The van der Waals surface area contributed by atoms with E-state index >= 15 is 0 Å². The van der Waals surface area contributed by atoms with Crippen LogP contribution in [0.1, 0.15) is 17.6 Å². The van der Waals surface area contributed by atoms with Crippen molar-refractivity contribution in [2.24, 2.45) is 7.05 Å². The highest BCUT2D eigenvalue weighted by molar-refractivity contribution is 7.91. The average molecular weight is 384 g/mol. The van der Waals surface area contributed by atoms with Crippen LogP contribution >= 0.6 is 11.3 Å². The summed E-state index contributed by atoms with van der Waals surface area (Å²) in [7, 11) is -2.81. The molecule has 0 saturated heterocycles. The van der Waals surface area contributed by atoms with Gasteiger partial charge in [0.2, 0.25) is 15.8 Å². The molecule has 0 bridgehead atoms. The van der Waals surface area contributed by atoms with Crippen molar-refractivity contribution in [3.63, 3.8) is 0 Å². The van der Waals surface area contributed by atoms with Crippen LogP contribution < -0.4 is 10.4 Å². The van der Waals surface area contributed by atoms with Crippen molar-refractivity contribution >= 4 is 21.4 Å². The summed E-state index contributed by atoms with van der Waals surface area (Å²) in [5, 5.41) is 3.20. The second kappa shape index (κ2) is 6.69. The summed E-state index contributed by atoms with van der Waals surface area (Å²) in [6.45, 7) is 1.32. The molecular formula is C12H15F3N4O3S2. The second-order valence-corrected chi connectivity index (χ2v) is 8.02. The molecule has 2 aromatic rings. The van der Waals surface area contributed by atoms with E-state index in [2.05, 4.69) is 9.82 Å². The molecule has 0 atom stereocenters. The summed E-state index contributed by atoms with van der Waals surface area (Å²) in [5.41, 5.74) is -0.967. The van der Waals surface area contributed by atoms with Gasteiger partial charge >= 0.3 is 11.9 Å². The van der Waals surface area contributed by atoms with Crippen LogP contribution in [0.5, 0.6) is 0 Å². The third-order valence-electron chi connectivity index (χ3n) is 3.16. The molecule has 24 heavy (non-hydrogen) atoms. The van der Waals surface area contributed by atoms with Crippen LogP contribution in [0.4, 0.5) is 13.2 Å². The molecule has 0 aliphatic carbocycles. The average Bonchev–Trinajstić information content (AvgIpc) is 3.07. The molecule has 0 aliphatic rings. The molecule has 0 amide bonds. The number of halogens is 3. The molecule has 12 heteroatoms. The molecule has 0 unspecified atom stereocenters. The van der Waals surface area contributed by atoms with Gasteiger partial charge in [0.15, 0.2) is 0 Å². The first kappa shape index (κ1) is 18.7. The van der Waals surface area contributed by atoms with Crippen molar-refractivity contribution in [3.8, 4) is 0 Å². The van der Waals surface area contributed by atoms with Crippen LogP contribution in [-0.4, -0.2) is 29.3 Å². The number of thiophene rings is 1. The molecule has 0 radical (unpaired) electrons. The van der Waals surface area contributed by atoms with Crippen LogP contribution in [0.3, 0.4) is 0 Å². The van der Waals surface area contributed by atoms with Gasteiger partial charge in [-0.25, -0.2) is 22.6 Å². The zero-order chi connectivity index (χ0) is 18.1. The SMILES string of the molecule is CCc1ccc(S(=O)(=O)NCCn2nc(C(F)(F)F)n(C)c2=O)s1. The van der Waals surface area contributed by atoms with Crippen LogP contribution in [0, 0.1) is 0 Å². The van der Waals surface area contributed by atoms with Gasteiger partial charge in [0, 0.05) is 18.5 Å². The molecule has 1 N–H and O–H groups in total. The van der Waals surface area contributed by atoms with E-state index in [1.165, 1.54) is 6.07 Å². The third kappa shape index (κ3) is 3.87. The standard InChI is InChI=1S/C12H15F3N4O3S2/c1-3-8-4-5-9(23-8)24(21,22)16-6-7-19-11(20)18(2)10(17-19)12(13,14)15/h4-5,16H,3,6-7H2,1-2H3. The predicted octanol–water partition coefficient (Wildman–Crippen LogP) is 1.20. The van der Waals surface area contributed by atoms with Crippen LogP contribution in [0.25, 0.3) is 0 Å². The number of sulfonamides is 1. The maximum absolute atomic E-state index is 12.7. The Hall–Kier alpha value is -1.66. The highest BCUT2D eigenvalue weighted by Crippen LogP contribution is 2.26. The Morgan fingerprint density at radius 1 is 1.33 bits per heavy atom. The largest absolute Gasteiger partial charge is 0.451 e. The van der Waals surface area contributed by atoms with Crippen molar-refractivity contribution in [1.29, 1.82) is 0 Å². The van der Waals surface area contributed by atoms with E-state index in [9.17, 15) is 26.4 Å². The van der Waals surface area contributed by atoms with Gasteiger partial charge in [-0.1, -0.05) is 6.92 Å². The molecule has 0 aromatic carbocycles. The molecule has 0 saturated carbocycles. The Bertz CT molecular complexity index is 880. The number of rotatable bonds is 6. The van der Waals surface area contributed by atoms with Crippen molar-refractivity contribution in [3.05, 3.63) is 33.3 Å². The summed E-state index contributed by atoms with van der Waals surface area (Å²) in [4.78, 5) is 12.6. The van der Waals surface area contributed by atoms with Crippen molar-refractivity contribution in [2.45, 2.75) is 30.3 Å². The maximum Gasteiger partial charge on any atom is 0.451 e. The Labute approximate surface area is 139 Å². The number of alkyl halides is 3. The Balaban J connectivity index is 2.08. The molecular weight excluding hydrogens is 369 g/mol. The summed E-state index contributed by atoms with van der Waals surface area (Å²) >= 11 is 1.11. The van der Waals surface area contributed by atoms with Crippen LogP contribution in [0.15, 0.2) is 21.1 Å². The Morgan fingerprint density at radius 2 is 2.00 bits per heavy atom. The molecule has 0 spiro atoms. The van der Waals surface area contributed by atoms with Gasteiger partial charge < -0.3 is 0 Å². The number of aromatic nitrogens is 3. The van der Waals surface area contributed by atoms with Gasteiger partial charge in [-0.15, -0.1) is 16.4 Å². The lowest BCUT2D eigenvalue weighted by Gasteiger charge is -2.04. The fraction of sp³-hybridized carbons (Fsp3) is 0.500. The minimum absolute atomic E-state index is 0.115. The number of hydrogen-bond acceptors (Lipinski definition) is 5. The van der Waals surface area contributed by atoms with E-state index in [1.54, 1.807) is 6.07 Å². The highest BCUT2D eigenvalue weighted by atomic mass is 32.2. The molecule has 0 fully saturated rings. The van der Waals surface area contributed by atoms with Crippen molar-refractivity contribution in [1.82, 2.24) is 19.1 Å². The van der Waals surface area contributed by atoms with E-state index in [4.69, 9.17) is 0 Å². The summed E-state index contributed by atoms with van der Waals surface area (Å²) in [6.07, 6.45) is -4.06. The molecule has 7 nitrogen and oxygen atoms in total. The maximum atomic E-state index is 12.7. The van der Waals surface area contributed by atoms with Gasteiger partial charge in [-0.05, 0) is 18.6 Å². The van der Waals surface area contributed by atoms with Gasteiger partial charge in [-0.3, -0.25) is 4.57 Å². The lowest BCUT2D eigenvalue weighted by Crippen LogP contribution is -2.31. The van der Waals surface area contributed by atoms with Crippen molar-refractivity contribution in [2.75, 3.05) is 6.54 Å².